The van der Waals surface area contributed by atoms with Gasteiger partial charge in [0.2, 0.25) is 5.91 Å². The molecule has 8 nitrogen and oxygen atoms in total. The summed E-state index contributed by atoms with van der Waals surface area (Å²) in [6, 6.07) is 13.1. The summed E-state index contributed by atoms with van der Waals surface area (Å²) in [6.45, 7) is 0.307. The van der Waals surface area contributed by atoms with Gasteiger partial charge in [-0.2, -0.15) is 12.7 Å². The maximum absolute atomic E-state index is 14.7. The lowest BCUT2D eigenvalue weighted by Crippen LogP contribution is -2.47. The van der Waals surface area contributed by atoms with Gasteiger partial charge in [0.05, 0.1) is 24.4 Å². The van der Waals surface area contributed by atoms with Gasteiger partial charge >= 0.3 is 10.2 Å². The zero-order valence-electron chi connectivity index (χ0n) is 20.8. The van der Waals surface area contributed by atoms with Gasteiger partial charge in [-0.15, -0.1) is 0 Å². The summed E-state index contributed by atoms with van der Waals surface area (Å²) in [4.78, 5) is 12.8. The molecule has 0 saturated carbocycles. The monoisotopic (exact) mass is 674 g/mol. The van der Waals surface area contributed by atoms with E-state index in [-0.39, 0.29) is 36.9 Å². The van der Waals surface area contributed by atoms with Gasteiger partial charge in [-0.25, -0.2) is 13.2 Å². The van der Waals surface area contributed by atoms with Crippen molar-refractivity contribution in [3.63, 3.8) is 0 Å². The highest BCUT2D eigenvalue weighted by molar-refractivity contribution is 14.1. The van der Waals surface area contributed by atoms with Gasteiger partial charge < -0.3 is 15.4 Å². The van der Waals surface area contributed by atoms with Crippen LogP contribution in [0, 0.1) is 26.9 Å². The van der Waals surface area contributed by atoms with Crippen LogP contribution in [0.3, 0.4) is 0 Å². The summed E-state index contributed by atoms with van der Waals surface area (Å²) in [5.41, 5.74) is -0.177. The van der Waals surface area contributed by atoms with Gasteiger partial charge in [0.25, 0.3) is 0 Å². The fourth-order valence-corrected chi connectivity index (χ4v) is 5.91. The molecule has 1 saturated heterocycles. The minimum Gasteiger partial charge on any atom is -0.497 e. The van der Waals surface area contributed by atoms with Gasteiger partial charge in [-0.3, -0.25) is 9.52 Å². The Bertz CT molecular complexity index is 1460. The zero-order valence-corrected chi connectivity index (χ0v) is 23.8. The number of rotatable bonds is 9. The Balaban J connectivity index is 1.46. The van der Waals surface area contributed by atoms with Crippen molar-refractivity contribution >= 4 is 55.8 Å². The van der Waals surface area contributed by atoms with Gasteiger partial charge in [0, 0.05) is 23.2 Å². The molecule has 0 radical (unpaired) electrons. The lowest BCUT2D eigenvalue weighted by molar-refractivity contribution is -0.126. The van der Waals surface area contributed by atoms with Crippen LogP contribution >= 0.6 is 22.6 Å². The Morgan fingerprint density at radius 2 is 1.77 bits per heavy atom. The third-order valence-electron chi connectivity index (χ3n) is 6.25. The number of anilines is 3. The molecule has 1 atom stereocenters. The second kappa shape index (κ2) is 12.4. The summed E-state index contributed by atoms with van der Waals surface area (Å²) >= 11 is 1.90. The van der Waals surface area contributed by atoms with Crippen LogP contribution in [0.1, 0.15) is 18.4 Å². The zero-order chi connectivity index (χ0) is 28.2. The minimum absolute atomic E-state index is 0.0953. The molecule has 3 aromatic carbocycles. The van der Waals surface area contributed by atoms with Crippen molar-refractivity contribution in [3.8, 4) is 5.75 Å². The molecule has 1 aliphatic heterocycles. The highest BCUT2D eigenvalue weighted by Gasteiger charge is 2.33. The fourth-order valence-electron chi connectivity index (χ4n) is 4.14. The van der Waals surface area contributed by atoms with Crippen LogP contribution in [0.2, 0.25) is 0 Å². The highest BCUT2D eigenvalue weighted by Crippen LogP contribution is 2.33. The Morgan fingerprint density at radius 3 is 2.46 bits per heavy atom. The van der Waals surface area contributed by atoms with Crippen LogP contribution < -0.4 is 20.1 Å². The van der Waals surface area contributed by atoms with Gasteiger partial charge in [0.15, 0.2) is 11.6 Å². The Morgan fingerprint density at radius 1 is 1.05 bits per heavy atom. The molecule has 13 heteroatoms. The molecule has 39 heavy (non-hydrogen) atoms. The summed E-state index contributed by atoms with van der Waals surface area (Å²) in [5.74, 6) is -3.54. The lowest BCUT2D eigenvalue weighted by atomic mass is 9.99. The standard InChI is InChI=1S/C26H26F3IN4O4S/c1-38-19-7-4-16(5-8-19)14-31-26(35)17-3-2-12-34(15-17)39(36,37)33-23-11-9-20(27)24(29)25(23)32-22-10-6-18(30)13-21(22)28/h4-11,13,17,32-33H,2-3,12,14-15H2,1H3,(H,31,35). The quantitative estimate of drug-likeness (QED) is 0.273. The number of amides is 1. The van der Waals surface area contributed by atoms with E-state index in [4.69, 9.17) is 4.74 Å². The number of nitrogens with zero attached hydrogens (tertiary/aromatic N) is 1. The van der Waals surface area contributed by atoms with Crippen LogP contribution in [0.25, 0.3) is 0 Å². The van der Waals surface area contributed by atoms with E-state index in [0.29, 0.717) is 22.2 Å². The van der Waals surface area contributed by atoms with Crippen molar-refractivity contribution in [2.24, 2.45) is 5.92 Å². The van der Waals surface area contributed by atoms with Crippen LogP contribution in [0.4, 0.5) is 30.2 Å². The molecule has 3 N–H and O–H groups in total. The first kappa shape index (κ1) is 29.0. The van der Waals surface area contributed by atoms with Crippen LogP contribution in [-0.4, -0.2) is 38.8 Å². The number of nitrogens with one attached hydrogen (secondary N) is 3. The number of carbonyl (C=O) groups is 1. The average molecular weight is 674 g/mol. The van der Waals surface area contributed by atoms with E-state index >= 15 is 0 Å². The van der Waals surface area contributed by atoms with E-state index in [0.717, 1.165) is 22.0 Å². The second-order valence-corrected chi connectivity index (χ2v) is 11.8. The summed E-state index contributed by atoms with van der Waals surface area (Å²) < 4.78 is 78.7. The molecule has 208 valence electrons. The normalized spacial score (nSPS) is 16.0. The third kappa shape index (κ3) is 7.13. The smallest absolute Gasteiger partial charge is 0.301 e. The molecule has 4 rings (SSSR count). The maximum atomic E-state index is 14.7. The summed E-state index contributed by atoms with van der Waals surface area (Å²) in [5, 5.41) is 5.29. The van der Waals surface area contributed by atoms with E-state index in [9.17, 15) is 26.4 Å². The number of halogens is 4. The van der Waals surface area contributed by atoms with Crippen LogP contribution in [0.5, 0.6) is 5.75 Å². The molecular weight excluding hydrogens is 648 g/mol. The van der Waals surface area contributed by atoms with E-state index < -0.39 is 39.3 Å². The van der Waals surface area contributed by atoms with Crippen molar-refractivity contribution in [1.29, 1.82) is 0 Å². The number of benzene rings is 3. The second-order valence-electron chi connectivity index (χ2n) is 8.90. The first-order valence-corrected chi connectivity index (χ1v) is 14.5. The van der Waals surface area contributed by atoms with Crippen LogP contribution in [-0.2, 0) is 21.5 Å². The van der Waals surface area contributed by atoms with Crippen molar-refractivity contribution in [2.75, 3.05) is 30.2 Å². The molecule has 3 aromatic rings. The number of piperidine rings is 1. The predicted molar refractivity (Wildman–Crippen MR) is 150 cm³/mol. The number of hydrogen-bond acceptors (Lipinski definition) is 5. The summed E-state index contributed by atoms with van der Waals surface area (Å²) in [6.07, 6.45) is 0.919. The number of ether oxygens (including phenoxy) is 1. The van der Waals surface area contributed by atoms with Gasteiger partial charge in [-0.05, 0) is 83.5 Å². The minimum atomic E-state index is -4.27. The first-order valence-electron chi connectivity index (χ1n) is 12.0. The van der Waals surface area contributed by atoms with Crippen molar-refractivity contribution in [2.45, 2.75) is 19.4 Å². The molecule has 0 spiro atoms. The topological polar surface area (TPSA) is 99.8 Å². The molecule has 1 amide bonds. The van der Waals surface area contributed by atoms with E-state index in [1.807, 2.05) is 34.7 Å². The molecule has 0 aromatic heterocycles. The number of carbonyl (C=O) groups excluding carboxylic acids is 1. The van der Waals surface area contributed by atoms with Gasteiger partial charge in [0.1, 0.15) is 17.3 Å². The number of methoxy groups -OCH3 is 1. The van der Waals surface area contributed by atoms with E-state index in [1.54, 1.807) is 25.3 Å². The molecule has 1 heterocycles. The predicted octanol–water partition coefficient (Wildman–Crippen LogP) is 5.15. The largest absolute Gasteiger partial charge is 0.497 e. The first-order chi connectivity index (χ1) is 18.6. The number of hydrogen-bond donors (Lipinski definition) is 3. The van der Waals surface area contributed by atoms with Crippen LogP contribution in [0.15, 0.2) is 54.6 Å². The summed E-state index contributed by atoms with van der Waals surface area (Å²) in [7, 11) is -2.72. The molecule has 0 aliphatic carbocycles. The van der Waals surface area contributed by atoms with Crippen molar-refractivity contribution in [1.82, 2.24) is 9.62 Å². The molecule has 0 bridgehead atoms. The molecule has 1 unspecified atom stereocenters. The molecule has 1 aliphatic rings. The fraction of sp³-hybridized carbons (Fsp3) is 0.269. The highest BCUT2D eigenvalue weighted by atomic mass is 127. The van der Waals surface area contributed by atoms with Crippen molar-refractivity contribution in [3.05, 3.63) is 81.2 Å². The third-order valence-corrected chi connectivity index (χ3v) is 8.41. The molecule has 1 fully saturated rings. The Hall–Kier alpha value is -3.04. The average Bonchev–Trinajstić information content (AvgIpc) is 2.92. The van der Waals surface area contributed by atoms with Gasteiger partial charge in [-0.1, -0.05) is 12.1 Å². The Kier molecular flexibility index (Phi) is 9.23. The molecular formula is C26H26F3IN4O4S. The lowest BCUT2D eigenvalue weighted by Gasteiger charge is -2.31. The van der Waals surface area contributed by atoms with E-state index in [1.165, 1.54) is 12.1 Å². The maximum Gasteiger partial charge on any atom is 0.301 e. The van der Waals surface area contributed by atoms with E-state index in [2.05, 4.69) is 15.4 Å². The SMILES string of the molecule is COc1ccc(CNC(=O)C2CCCN(S(=O)(=O)Nc3ccc(F)c(F)c3Nc3ccc(I)cc3F)C2)cc1. The van der Waals surface area contributed by atoms with Crippen molar-refractivity contribution < 1.29 is 31.1 Å². The Labute approximate surface area is 238 Å².